The fourth-order valence-corrected chi connectivity index (χ4v) is 2.24. The van der Waals surface area contributed by atoms with Gasteiger partial charge in [0.15, 0.2) is 0 Å². The Morgan fingerprint density at radius 2 is 2.18 bits per heavy atom. The third-order valence-corrected chi connectivity index (χ3v) is 3.27. The Kier molecular flexibility index (Phi) is 2.31. The first-order valence-corrected chi connectivity index (χ1v) is 6.14. The highest BCUT2D eigenvalue weighted by molar-refractivity contribution is 5.61. The number of hydrogen-bond donors (Lipinski definition) is 0. The first kappa shape index (κ1) is 10.6. The first-order valence-electron chi connectivity index (χ1n) is 6.14. The van der Waals surface area contributed by atoms with Crippen molar-refractivity contribution in [2.45, 2.75) is 38.5 Å². The molecule has 1 aliphatic carbocycles. The predicted molar refractivity (Wildman–Crippen MR) is 64.8 cm³/mol. The average Bonchev–Trinajstić information content (AvgIpc) is 2.87. The molecule has 0 N–H and O–H groups in total. The van der Waals surface area contributed by atoms with Crippen molar-refractivity contribution in [1.82, 2.24) is 14.7 Å². The lowest BCUT2D eigenvalue weighted by Crippen LogP contribution is -1.98. The topological polar surface area (TPSA) is 43.9 Å². The van der Waals surface area contributed by atoms with E-state index < -0.39 is 0 Å². The lowest BCUT2D eigenvalue weighted by Gasteiger charge is -2.02. The van der Waals surface area contributed by atoms with Crippen molar-refractivity contribution in [3.05, 3.63) is 24.0 Å². The molecule has 0 spiro atoms. The van der Waals surface area contributed by atoms with Gasteiger partial charge in [-0.3, -0.25) is 0 Å². The van der Waals surface area contributed by atoms with E-state index in [4.69, 9.17) is 4.52 Å². The summed E-state index contributed by atoms with van der Waals surface area (Å²) in [6.45, 7) is 4.31. The van der Waals surface area contributed by atoms with E-state index in [9.17, 15) is 0 Å². The van der Waals surface area contributed by atoms with Crippen LogP contribution in [0.15, 0.2) is 17.0 Å². The van der Waals surface area contributed by atoms with Crippen LogP contribution in [0.4, 0.5) is 0 Å². The Morgan fingerprint density at radius 3 is 2.76 bits per heavy atom. The summed E-state index contributed by atoms with van der Waals surface area (Å²) in [5.41, 5.74) is 3.13. The third-order valence-electron chi connectivity index (χ3n) is 3.27. The molecule has 1 fully saturated rings. The molecular formula is C13H17N3O. The van der Waals surface area contributed by atoms with Crippen LogP contribution < -0.4 is 0 Å². The highest BCUT2D eigenvalue weighted by Gasteiger charge is 2.30. The minimum Gasteiger partial charge on any atom is -0.364 e. The van der Waals surface area contributed by atoms with E-state index in [1.54, 1.807) is 6.26 Å². The van der Waals surface area contributed by atoms with Crippen molar-refractivity contribution in [3.8, 4) is 11.3 Å². The van der Waals surface area contributed by atoms with Crippen LogP contribution in [0.1, 0.15) is 50.0 Å². The second kappa shape index (κ2) is 3.72. The molecule has 1 aliphatic rings. The van der Waals surface area contributed by atoms with Gasteiger partial charge in [-0.2, -0.15) is 0 Å². The van der Waals surface area contributed by atoms with Gasteiger partial charge in [-0.1, -0.05) is 19.0 Å². The molecule has 0 atom stereocenters. The Bertz CT molecular complexity index is 535. The summed E-state index contributed by atoms with van der Waals surface area (Å²) in [6, 6.07) is 0. The quantitative estimate of drug-likeness (QED) is 0.815. The zero-order chi connectivity index (χ0) is 12.0. The second-order valence-corrected chi connectivity index (χ2v) is 5.14. The maximum Gasteiger partial charge on any atom is 0.133 e. The van der Waals surface area contributed by atoms with E-state index in [0.717, 1.165) is 22.8 Å². The van der Waals surface area contributed by atoms with Crippen LogP contribution in [0.2, 0.25) is 0 Å². The van der Waals surface area contributed by atoms with Gasteiger partial charge >= 0.3 is 0 Å². The molecule has 17 heavy (non-hydrogen) atoms. The average molecular weight is 231 g/mol. The summed E-state index contributed by atoms with van der Waals surface area (Å²) in [4.78, 5) is 4.69. The zero-order valence-corrected chi connectivity index (χ0v) is 10.5. The maximum atomic E-state index is 5.11. The molecule has 0 saturated heterocycles. The van der Waals surface area contributed by atoms with E-state index >= 15 is 0 Å². The smallest absolute Gasteiger partial charge is 0.133 e. The molecule has 2 aromatic heterocycles. The Labute approximate surface area is 101 Å². The van der Waals surface area contributed by atoms with Gasteiger partial charge in [0.1, 0.15) is 12.1 Å². The zero-order valence-electron chi connectivity index (χ0n) is 10.5. The Balaban J connectivity index is 2.03. The highest BCUT2D eigenvalue weighted by Crippen LogP contribution is 2.43. The highest BCUT2D eigenvalue weighted by atomic mass is 16.5. The van der Waals surface area contributed by atoms with Gasteiger partial charge in [0.25, 0.3) is 0 Å². The van der Waals surface area contributed by atoms with E-state index in [-0.39, 0.29) is 0 Å². The Morgan fingerprint density at radius 1 is 1.41 bits per heavy atom. The van der Waals surface area contributed by atoms with Crippen LogP contribution in [0, 0.1) is 0 Å². The molecule has 0 radical (unpaired) electrons. The van der Waals surface area contributed by atoms with Gasteiger partial charge < -0.3 is 9.09 Å². The second-order valence-electron chi connectivity index (χ2n) is 5.14. The minimum atomic E-state index is 0.429. The van der Waals surface area contributed by atoms with Gasteiger partial charge in [-0.15, -0.1) is 0 Å². The SMILES string of the molecule is CC(C)c1nc(-c2conc2C2CC2)cn1C. The standard InChI is InChI=1S/C13H17N3O/c1-8(2)13-14-11(6-16(13)3)10-7-17-15-12(10)9-4-5-9/h6-9H,4-5H2,1-3H3. The van der Waals surface area contributed by atoms with Crippen LogP contribution in [0.25, 0.3) is 11.3 Å². The maximum absolute atomic E-state index is 5.11. The third kappa shape index (κ3) is 1.77. The van der Waals surface area contributed by atoms with Crippen molar-refractivity contribution in [1.29, 1.82) is 0 Å². The van der Waals surface area contributed by atoms with Crippen LogP contribution in [0.3, 0.4) is 0 Å². The normalized spacial score (nSPS) is 15.8. The molecule has 0 aliphatic heterocycles. The molecule has 0 amide bonds. The van der Waals surface area contributed by atoms with Crippen molar-refractivity contribution in [2.75, 3.05) is 0 Å². The molecule has 2 heterocycles. The van der Waals surface area contributed by atoms with Crippen LogP contribution in [-0.2, 0) is 7.05 Å². The summed E-state index contributed by atoms with van der Waals surface area (Å²) < 4.78 is 7.20. The van der Waals surface area contributed by atoms with Crippen LogP contribution >= 0.6 is 0 Å². The fraction of sp³-hybridized carbons (Fsp3) is 0.538. The Hall–Kier alpha value is -1.58. The van der Waals surface area contributed by atoms with Gasteiger partial charge in [0.05, 0.1) is 17.0 Å². The number of rotatable bonds is 3. The molecule has 90 valence electrons. The summed E-state index contributed by atoms with van der Waals surface area (Å²) in [6.07, 6.45) is 6.24. The van der Waals surface area contributed by atoms with Crippen molar-refractivity contribution in [3.63, 3.8) is 0 Å². The van der Waals surface area contributed by atoms with E-state index in [0.29, 0.717) is 11.8 Å². The molecule has 0 bridgehead atoms. The number of imidazole rings is 1. The van der Waals surface area contributed by atoms with Crippen molar-refractivity contribution < 1.29 is 4.52 Å². The number of hydrogen-bond acceptors (Lipinski definition) is 3. The minimum absolute atomic E-state index is 0.429. The van der Waals surface area contributed by atoms with Crippen LogP contribution in [-0.4, -0.2) is 14.7 Å². The summed E-state index contributed by atoms with van der Waals surface area (Å²) in [5.74, 6) is 2.12. The molecule has 0 unspecified atom stereocenters. The molecule has 0 aromatic carbocycles. The van der Waals surface area contributed by atoms with Crippen molar-refractivity contribution >= 4 is 0 Å². The van der Waals surface area contributed by atoms with Crippen LogP contribution in [0.5, 0.6) is 0 Å². The molecule has 4 nitrogen and oxygen atoms in total. The monoisotopic (exact) mass is 231 g/mol. The van der Waals surface area contributed by atoms with Gasteiger partial charge in [0.2, 0.25) is 0 Å². The van der Waals surface area contributed by atoms with Gasteiger partial charge in [0, 0.05) is 25.1 Å². The van der Waals surface area contributed by atoms with E-state index in [1.807, 2.05) is 7.05 Å². The van der Waals surface area contributed by atoms with Crippen molar-refractivity contribution in [2.24, 2.45) is 7.05 Å². The summed E-state index contributed by atoms with van der Waals surface area (Å²) in [5, 5.41) is 4.11. The summed E-state index contributed by atoms with van der Waals surface area (Å²) >= 11 is 0. The fourth-order valence-electron chi connectivity index (χ4n) is 2.24. The summed E-state index contributed by atoms with van der Waals surface area (Å²) in [7, 11) is 2.04. The van der Waals surface area contributed by atoms with E-state index in [1.165, 1.54) is 12.8 Å². The molecular weight excluding hydrogens is 214 g/mol. The predicted octanol–water partition coefficient (Wildman–Crippen LogP) is 3.08. The molecule has 2 aromatic rings. The largest absolute Gasteiger partial charge is 0.364 e. The molecule has 3 rings (SSSR count). The number of aromatic nitrogens is 3. The van der Waals surface area contributed by atoms with Gasteiger partial charge in [-0.05, 0) is 12.8 Å². The van der Waals surface area contributed by atoms with Gasteiger partial charge in [-0.25, -0.2) is 4.98 Å². The lowest BCUT2D eigenvalue weighted by atomic mass is 10.1. The molecule has 4 heteroatoms. The molecule has 1 saturated carbocycles. The van der Waals surface area contributed by atoms with E-state index in [2.05, 4.69) is 34.8 Å². The number of aryl methyl sites for hydroxylation is 1. The number of nitrogens with zero attached hydrogens (tertiary/aromatic N) is 3. The lowest BCUT2D eigenvalue weighted by molar-refractivity contribution is 0.412. The first-order chi connectivity index (χ1) is 8.16.